The molecule has 1 aromatic heterocycles. The molecular weight excluding hydrogens is 300 g/mol. The summed E-state index contributed by atoms with van der Waals surface area (Å²) in [5.41, 5.74) is -0.178. The molecule has 1 N–H and O–H groups in total. The zero-order valence-electron chi connectivity index (χ0n) is 11.1. The van der Waals surface area contributed by atoms with Crippen LogP contribution in [0.15, 0.2) is 36.5 Å². The predicted molar refractivity (Wildman–Crippen MR) is 73.6 cm³/mol. The Bertz CT molecular complexity index is 678. The quantitative estimate of drug-likeness (QED) is 0.911. The number of halogens is 3. The van der Waals surface area contributed by atoms with E-state index >= 15 is 0 Å². The van der Waals surface area contributed by atoms with Gasteiger partial charge in [-0.15, -0.1) is 0 Å². The lowest BCUT2D eigenvalue weighted by molar-refractivity contribution is -0.0192. The van der Waals surface area contributed by atoms with Gasteiger partial charge in [0.05, 0.1) is 5.02 Å². The van der Waals surface area contributed by atoms with Crippen LogP contribution in [0.4, 0.5) is 8.78 Å². The second kappa shape index (κ2) is 4.93. The van der Waals surface area contributed by atoms with Crippen LogP contribution in [0.5, 0.6) is 5.75 Å². The highest BCUT2D eigenvalue weighted by atomic mass is 35.5. The highest BCUT2D eigenvalue weighted by molar-refractivity contribution is 6.30. The topological polar surface area (TPSA) is 42.4 Å². The number of benzene rings is 1. The van der Waals surface area contributed by atoms with Crippen molar-refractivity contribution in [3.8, 4) is 5.75 Å². The molecule has 6 heteroatoms. The van der Waals surface area contributed by atoms with Gasteiger partial charge >= 0.3 is 0 Å². The molecule has 0 amide bonds. The van der Waals surface area contributed by atoms with Gasteiger partial charge < -0.3 is 9.84 Å². The molecule has 1 aliphatic rings. The molecule has 0 radical (unpaired) electrons. The van der Waals surface area contributed by atoms with Gasteiger partial charge in [0.2, 0.25) is 0 Å². The van der Waals surface area contributed by atoms with Crippen molar-refractivity contribution >= 4 is 11.6 Å². The molecule has 0 unspecified atom stereocenters. The Morgan fingerprint density at radius 2 is 2.00 bits per heavy atom. The first-order valence-electron chi connectivity index (χ1n) is 6.33. The smallest absolute Gasteiger partial charge is 0.263 e. The van der Waals surface area contributed by atoms with Crippen LogP contribution in [-0.2, 0) is 5.60 Å². The first kappa shape index (κ1) is 14.2. The van der Waals surface area contributed by atoms with E-state index in [2.05, 4.69) is 4.98 Å². The van der Waals surface area contributed by atoms with E-state index in [-0.39, 0.29) is 5.56 Å². The van der Waals surface area contributed by atoms with E-state index in [1.165, 1.54) is 30.5 Å². The fourth-order valence-corrected chi connectivity index (χ4v) is 2.59. The van der Waals surface area contributed by atoms with Crippen molar-refractivity contribution in [3.63, 3.8) is 0 Å². The van der Waals surface area contributed by atoms with Crippen LogP contribution in [0.2, 0.25) is 5.02 Å². The van der Waals surface area contributed by atoms with E-state index in [4.69, 9.17) is 16.3 Å². The lowest BCUT2D eigenvalue weighted by Crippen LogP contribution is -2.31. The van der Waals surface area contributed by atoms with Gasteiger partial charge in [0, 0.05) is 17.8 Å². The molecule has 3 rings (SSSR count). The molecule has 0 fully saturated rings. The molecule has 0 bridgehead atoms. The summed E-state index contributed by atoms with van der Waals surface area (Å²) in [6.07, 6.45) is -2.10. The first-order valence-corrected chi connectivity index (χ1v) is 6.71. The maximum Gasteiger partial charge on any atom is 0.263 e. The Kier molecular flexibility index (Phi) is 3.34. The third-order valence-corrected chi connectivity index (χ3v) is 3.89. The van der Waals surface area contributed by atoms with Crippen LogP contribution in [-0.4, -0.2) is 10.1 Å². The summed E-state index contributed by atoms with van der Waals surface area (Å²) in [6, 6.07) is 7.28. The number of pyridine rings is 1. The van der Waals surface area contributed by atoms with E-state index in [0.717, 1.165) is 0 Å². The van der Waals surface area contributed by atoms with Gasteiger partial charge in [-0.05, 0) is 12.5 Å². The second-order valence-electron chi connectivity index (χ2n) is 5.07. The number of aliphatic hydroxyl groups is 1. The number of nitrogens with zero attached hydrogens (tertiary/aromatic N) is 1. The van der Waals surface area contributed by atoms with E-state index < -0.39 is 18.1 Å². The lowest BCUT2D eigenvalue weighted by Gasteiger charge is -2.28. The summed E-state index contributed by atoms with van der Waals surface area (Å²) in [5, 5.41) is 10.8. The molecule has 2 atom stereocenters. The molecule has 0 spiro atoms. The van der Waals surface area contributed by atoms with Crippen LogP contribution in [0.1, 0.15) is 36.3 Å². The van der Waals surface area contributed by atoms with Crippen LogP contribution < -0.4 is 4.74 Å². The maximum absolute atomic E-state index is 12.6. The number of aliphatic hydroxyl groups excluding tert-OH is 1. The molecule has 1 aliphatic heterocycles. The number of hydrogen-bond donors (Lipinski definition) is 1. The molecule has 0 saturated heterocycles. The summed E-state index contributed by atoms with van der Waals surface area (Å²) in [6.45, 7) is 1.69. The highest BCUT2D eigenvalue weighted by Crippen LogP contribution is 2.48. The van der Waals surface area contributed by atoms with E-state index in [9.17, 15) is 13.9 Å². The van der Waals surface area contributed by atoms with Crippen molar-refractivity contribution < 1.29 is 18.6 Å². The fraction of sp³-hybridized carbons (Fsp3) is 0.267. The summed E-state index contributed by atoms with van der Waals surface area (Å²) in [7, 11) is 0. The summed E-state index contributed by atoms with van der Waals surface area (Å²) in [4.78, 5) is 4.08. The van der Waals surface area contributed by atoms with Crippen molar-refractivity contribution in [2.45, 2.75) is 25.1 Å². The maximum atomic E-state index is 12.6. The monoisotopic (exact) mass is 311 g/mol. The van der Waals surface area contributed by atoms with E-state index in [0.29, 0.717) is 22.0 Å². The Morgan fingerprint density at radius 1 is 1.33 bits per heavy atom. The zero-order chi connectivity index (χ0) is 15.2. The standard InChI is InChI=1S/C15H12ClF2NO2/c1-15(9-4-2-8(3-5-9)14(17)18)13(20)12-11(21-15)6-10(16)7-19-12/h2-7,13-14,20H,1H3/t13-,15-/m1/s1. The number of hydrogen-bond acceptors (Lipinski definition) is 3. The number of fused-ring (bicyclic) bond motifs is 1. The molecule has 1 aromatic carbocycles. The third kappa shape index (κ3) is 2.26. The van der Waals surface area contributed by atoms with Gasteiger partial charge in [-0.25, -0.2) is 8.78 Å². The SMILES string of the molecule is C[C@]1(c2ccc(C(F)F)cc2)Oc2cc(Cl)cnc2[C@H]1O. The van der Waals surface area contributed by atoms with Gasteiger partial charge in [-0.1, -0.05) is 35.9 Å². The molecule has 3 nitrogen and oxygen atoms in total. The number of alkyl halides is 2. The largest absolute Gasteiger partial charge is 0.478 e. The number of aromatic nitrogens is 1. The number of rotatable bonds is 2. The summed E-state index contributed by atoms with van der Waals surface area (Å²) < 4.78 is 31.0. The summed E-state index contributed by atoms with van der Waals surface area (Å²) >= 11 is 5.86. The van der Waals surface area contributed by atoms with Crippen LogP contribution in [0, 0.1) is 0 Å². The average Bonchev–Trinajstić information content (AvgIpc) is 2.71. The minimum Gasteiger partial charge on any atom is -0.478 e. The average molecular weight is 312 g/mol. The number of ether oxygens (including phenoxy) is 1. The molecule has 2 heterocycles. The minimum absolute atomic E-state index is 0.0754. The Hall–Kier alpha value is -1.72. The Labute approximate surface area is 125 Å². The first-order chi connectivity index (χ1) is 9.91. The van der Waals surface area contributed by atoms with Crippen LogP contribution in [0.3, 0.4) is 0 Å². The Balaban J connectivity index is 1.99. The summed E-state index contributed by atoms with van der Waals surface area (Å²) in [5.74, 6) is 0.399. The van der Waals surface area contributed by atoms with Crippen LogP contribution >= 0.6 is 11.6 Å². The highest BCUT2D eigenvalue weighted by Gasteiger charge is 2.46. The second-order valence-corrected chi connectivity index (χ2v) is 5.51. The molecule has 0 aliphatic carbocycles. The predicted octanol–water partition coefficient (Wildman–Crippen LogP) is 4.01. The lowest BCUT2D eigenvalue weighted by atomic mass is 9.89. The third-order valence-electron chi connectivity index (χ3n) is 3.69. The zero-order valence-corrected chi connectivity index (χ0v) is 11.8. The molecule has 110 valence electrons. The fourth-order valence-electron chi connectivity index (χ4n) is 2.44. The van der Waals surface area contributed by atoms with E-state index in [1.807, 2.05) is 0 Å². The van der Waals surface area contributed by atoms with Gasteiger partial charge in [0.25, 0.3) is 6.43 Å². The molecule has 21 heavy (non-hydrogen) atoms. The van der Waals surface area contributed by atoms with Crippen molar-refractivity contribution in [1.82, 2.24) is 4.98 Å². The van der Waals surface area contributed by atoms with Gasteiger partial charge in [0.15, 0.2) is 5.60 Å². The normalized spacial score (nSPS) is 24.0. The minimum atomic E-state index is -2.53. The molecule has 0 saturated carbocycles. The van der Waals surface area contributed by atoms with Crippen molar-refractivity contribution in [2.75, 3.05) is 0 Å². The van der Waals surface area contributed by atoms with Crippen molar-refractivity contribution in [2.24, 2.45) is 0 Å². The van der Waals surface area contributed by atoms with Crippen molar-refractivity contribution in [1.29, 1.82) is 0 Å². The van der Waals surface area contributed by atoms with Gasteiger partial charge in [0.1, 0.15) is 17.5 Å². The van der Waals surface area contributed by atoms with Gasteiger partial charge in [-0.2, -0.15) is 0 Å². The van der Waals surface area contributed by atoms with E-state index in [1.54, 1.807) is 13.0 Å². The van der Waals surface area contributed by atoms with Crippen LogP contribution in [0.25, 0.3) is 0 Å². The van der Waals surface area contributed by atoms with Gasteiger partial charge in [-0.3, -0.25) is 4.98 Å². The molecular formula is C15H12ClF2NO2. The Morgan fingerprint density at radius 3 is 2.62 bits per heavy atom. The molecule has 2 aromatic rings. The van der Waals surface area contributed by atoms with Crippen molar-refractivity contribution in [3.05, 3.63) is 58.4 Å².